The van der Waals surface area contributed by atoms with E-state index in [1.54, 1.807) is 11.8 Å². The number of rotatable bonds is 6. The molecule has 0 saturated carbocycles. The lowest BCUT2D eigenvalue weighted by atomic mass is 10.1. The molecule has 4 nitrogen and oxygen atoms in total. The van der Waals surface area contributed by atoms with Crippen molar-refractivity contribution in [3.05, 3.63) is 53.1 Å². The monoisotopic (exact) mass is 363 g/mol. The van der Waals surface area contributed by atoms with Gasteiger partial charge < -0.3 is 14.8 Å². The first-order valence-electron chi connectivity index (χ1n) is 7.75. The number of fused-ring (bicyclic) bond motifs is 1. The number of benzene rings is 2. The van der Waals surface area contributed by atoms with Crippen LogP contribution in [0, 0.1) is 0 Å². The highest BCUT2D eigenvalue weighted by atomic mass is 35.5. The van der Waals surface area contributed by atoms with E-state index in [0.29, 0.717) is 26.2 Å². The van der Waals surface area contributed by atoms with Crippen molar-refractivity contribution in [3.63, 3.8) is 0 Å². The Bertz CT molecular complexity index is 706. The lowest BCUT2D eigenvalue weighted by Crippen LogP contribution is -2.24. The summed E-state index contributed by atoms with van der Waals surface area (Å²) in [6.45, 7) is 1.54. The third-order valence-electron chi connectivity index (χ3n) is 3.54. The van der Waals surface area contributed by atoms with Crippen molar-refractivity contribution in [1.82, 2.24) is 5.32 Å². The molecule has 1 aliphatic heterocycles. The van der Waals surface area contributed by atoms with Crippen LogP contribution >= 0.6 is 23.4 Å². The molecule has 24 heavy (non-hydrogen) atoms. The predicted molar refractivity (Wildman–Crippen MR) is 96.1 cm³/mol. The highest BCUT2D eigenvalue weighted by Gasteiger charge is 2.15. The van der Waals surface area contributed by atoms with Crippen molar-refractivity contribution < 1.29 is 14.3 Å². The van der Waals surface area contributed by atoms with Crippen LogP contribution in [0.3, 0.4) is 0 Å². The average Bonchev–Trinajstić information content (AvgIpc) is 2.61. The SMILES string of the molecule is O=C(CCSc1ccc(Cl)cc1)NCc1cccc2c1OCCO2. The van der Waals surface area contributed by atoms with E-state index in [1.165, 1.54) is 0 Å². The normalized spacial score (nSPS) is 12.7. The Hall–Kier alpha value is -1.85. The smallest absolute Gasteiger partial charge is 0.221 e. The van der Waals surface area contributed by atoms with Gasteiger partial charge in [0.1, 0.15) is 13.2 Å². The standard InChI is InChI=1S/C18H18ClNO3S/c19-14-4-6-15(7-5-14)24-11-8-17(21)20-12-13-2-1-3-16-18(13)23-10-9-22-16/h1-7H,8-12H2,(H,20,21). The fraction of sp³-hybridized carbons (Fsp3) is 0.278. The first kappa shape index (κ1) is 17.0. The van der Waals surface area contributed by atoms with Crippen molar-refractivity contribution in [2.45, 2.75) is 17.9 Å². The summed E-state index contributed by atoms with van der Waals surface area (Å²) in [7, 11) is 0. The van der Waals surface area contributed by atoms with Gasteiger partial charge in [0.25, 0.3) is 0 Å². The molecule has 1 aliphatic rings. The van der Waals surface area contributed by atoms with E-state index in [0.717, 1.165) is 32.7 Å². The van der Waals surface area contributed by atoms with E-state index in [-0.39, 0.29) is 5.91 Å². The van der Waals surface area contributed by atoms with Crippen LogP contribution in [0.2, 0.25) is 5.02 Å². The summed E-state index contributed by atoms with van der Waals surface area (Å²) >= 11 is 7.49. The molecule has 0 aliphatic carbocycles. The topological polar surface area (TPSA) is 47.6 Å². The number of hydrogen-bond acceptors (Lipinski definition) is 4. The largest absolute Gasteiger partial charge is 0.486 e. The van der Waals surface area contributed by atoms with Crippen molar-refractivity contribution in [1.29, 1.82) is 0 Å². The third-order valence-corrected chi connectivity index (χ3v) is 4.80. The molecule has 0 radical (unpaired) electrons. The van der Waals surface area contributed by atoms with Crippen LogP contribution in [-0.2, 0) is 11.3 Å². The second kappa shape index (κ2) is 8.31. The summed E-state index contributed by atoms with van der Waals surface area (Å²) < 4.78 is 11.2. The van der Waals surface area contributed by atoms with Crippen LogP contribution in [0.5, 0.6) is 11.5 Å². The zero-order valence-electron chi connectivity index (χ0n) is 13.1. The van der Waals surface area contributed by atoms with Crippen LogP contribution < -0.4 is 14.8 Å². The van der Waals surface area contributed by atoms with Gasteiger partial charge in [-0.2, -0.15) is 0 Å². The molecule has 6 heteroatoms. The number of hydrogen-bond donors (Lipinski definition) is 1. The van der Waals surface area contributed by atoms with Gasteiger partial charge in [-0.1, -0.05) is 23.7 Å². The first-order chi connectivity index (χ1) is 11.7. The molecule has 126 valence electrons. The Balaban J connectivity index is 1.45. The van der Waals surface area contributed by atoms with Crippen molar-refractivity contribution in [3.8, 4) is 11.5 Å². The van der Waals surface area contributed by atoms with Crippen LogP contribution in [-0.4, -0.2) is 24.9 Å². The summed E-state index contributed by atoms with van der Waals surface area (Å²) in [6.07, 6.45) is 0.458. The summed E-state index contributed by atoms with van der Waals surface area (Å²) in [6, 6.07) is 13.3. The fourth-order valence-corrected chi connectivity index (χ4v) is 3.33. The molecule has 3 rings (SSSR count). The summed E-state index contributed by atoms with van der Waals surface area (Å²) in [5.74, 6) is 2.22. The summed E-state index contributed by atoms with van der Waals surface area (Å²) in [5, 5.41) is 3.65. The third kappa shape index (κ3) is 4.58. The zero-order valence-corrected chi connectivity index (χ0v) is 14.7. The van der Waals surface area contributed by atoms with Crippen LogP contribution in [0.1, 0.15) is 12.0 Å². The maximum absolute atomic E-state index is 12.0. The fourth-order valence-electron chi connectivity index (χ4n) is 2.35. The molecule has 1 amide bonds. The molecule has 0 unspecified atom stereocenters. The van der Waals surface area contributed by atoms with Gasteiger partial charge in [-0.05, 0) is 30.3 Å². The Morgan fingerprint density at radius 2 is 1.92 bits per heavy atom. The minimum atomic E-state index is 0.0193. The summed E-state index contributed by atoms with van der Waals surface area (Å²) in [5.41, 5.74) is 0.936. The molecule has 1 N–H and O–H groups in total. The lowest BCUT2D eigenvalue weighted by molar-refractivity contribution is -0.120. The molecule has 1 heterocycles. The van der Waals surface area contributed by atoms with Crippen molar-refractivity contribution in [2.24, 2.45) is 0 Å². The summed E-state index contributed by atoms with van der Waals surface area (Å²) in [4.78, 5) is 13.1. The maximum atomic E-state index is 12.0. The first-order valence-corrected chi connectivity index (χ1v) is 9.11. The van der Waals surface area contributed by atoms with Gasteiger partial charge in [-0.25, -0.2) is 0 Å². The number of carbonyl (C=O) groups is 1. The minimum Gasteiger partial charge on any atom is -0.486 e. The van der Waals surface area contributed by atoms with E-state index in [1.807, 2.05) is 42.5 Å². The Morgan fingerprint density at radius 3 is 2.75 bits per heavy atom. The number of amides is 1. The lowest BCUT2D eigenvalue weighted by Gasteiger charge is -2.21. The maximum Gasteiger partial charge on any atom is 0.221 e. The highest BCUT2D eigenvalue weighted by Crippen LogP contribution is 2.33. The number of halogens is 1. The molecule has 0 spiro atoms. The van der Waals surface area contributed by atoms with Gasteiger partial charge in [0.05, 0.1) is 0 Å². The van der Waals surface area contributed by atoms with Crippen molar-refractivity contribution >= 4 is 29.3 Å². The molecule has 2 aromatic carbocycles. The van der Waals surface area contributed by atoms with E-state index < -0.39 is 0 Å². The number of ether oxygens (including phenoxy) is 2. The second-order valence-electron chi connectivity index (χ2n) is 5.27. The number of para-hydroxylation sites is 1. The van der Waals surface area contributed by atoms with Gasteiger partial charge in [0.2, 0.25) is 5.91 Å². The number of thioether (sulfide) groups is 1. The Labute approximate surface area is 150 Å². The molecule has 0 aromatic heterocycles. The van der Waals surface area contributed by atoms with Gasteiger partial charge in [0, 0.05) is 34.2 Å². The van der Waals surface area contributed by atoms with Crippen LogP contribution in [0.25, 0.3) is 0 Å². The van der Waals surface area contributed by atoms with Crippen LogP contribution in [0.15, 0.2) is 47.4 Å². The van der Waals surface area contributed by atoms with E-state index >= 15 is 0 Å². The molecular formula is C18H18ClNO3S. The average molecular weight is 364 g/mol. The van der Waals surface area contributed by atoms with Crippen LogP contribution in [0.4, 0.5) is 0 Å². The zero-order chi connectivity index (χ0) is 16.8. The van der Waals surface area contributed by atoms with Crippen molar-refractivity contribution in [2.75, 3.05) is 19.0 Å². The quantitative estimate of drug-likeness (QED) is 0.790. The molecular weight excluding hydrogens is 346 g/mol. The Kier molecular flexibility index (Phi) is 5.88. The molecule has 0 fully saturated rings. The van der Waals surface area contributed by atoms with Gasteiger partial charge in [0.15, 0.2) is 11.5 Å². The van der Waals surface area contributed by atoms with E-state index in [4.69, 9.17) is 21.1 Å². The highest BCUT2D eigenvalue weighted by molar-refractivity contribution is 7.99. The predicted octanol–water partition coefficient (Wildman–Crippen LogP) is 3.91. The second-order valence-corrected chi connectivity index (χ2v) is 6.88. The molecule has 0 atom stereocenters. The molecule has 0 saturated heterocycles. The van der Waals surface area contributed by atoms with Gasteiger partial charge in [-0.15, -0.1) is 11.8 Å². The Morgan fingerprint density at radius 1 is 1.12 bits per heavy atom. The van der Waals surface area contributed by atoms with E-state index in [9.17, 15) is 4.79 Å². The van der Waals surface area contributed by atoms with E-state index in [2.05, 4.69) is 5.32 Å². The number of nitrogens with one attached hydrogen (secondary N) is 1. The molecule has 2 aromatic rings. The molecule has 0 bridgehead atoms. The number of carbonyl (C=O) groups excluding carboxylic acids is 1. The van der Waals surface area contributed by atoms with Gasteiger partial charge >= 0.3 is 0 Å². The van der Waals surface area contributed by atoms with Gasteiger partial charge in [-0.3, -0.25) is 4.79 Å². The minimum absolute atomic E-state index is 0.0193.